The third kappa shape index (κ3) is 2.84. The molecular weight excluding hydrogens is 236 g/mol. The molecule has 0 bridgehead atoms. The molecule has 106 valence electrons. The third-order valence-corrected chi connectivity index (χ3v) is 5.21. The molecule has 0 saturated carbocycles. The van der Waals surface area contributed by atoms with E-state index in [1.54, 1.807) is 0 Å². The van der Waals surface area contributed by atoms with Gasteiger partial charge in [-0.05, 0) is 31.3 Å². The lowest BCUT2D eigenvalue weighted by Crippen LogP contribution is -2.48. The van der Waals surface area contributed by atoms with E-state index in [2.05, 4.69) is 34.0 Å². The van der Waals surface area contributed by atoms with Gasteiger partial charge in [0.25, 0.3) is 0 Å². The molecule has 3 heterocycles. The summed E-state index contributed by atoms with van der Waals surface area (Å²) >= 11 is 0. The molecule has 0 radical (unpaired) electrons. The fourth-order valence-corrected chi connectivity index (χ4v) is 3.30. The van der Waals surface area contributed by atoms with Gasteiger partial charge < -0.3 is 15.2 Å². The number of fused-ring (bicyclic) bond motifs is 1. The third-order valence-electron chi connectivity index (χ3n) is 5.21. The summed E-state index contributed by atoms with van der Waals surface area (Å²) in [5, 5.41) is 3.63. The van der Waals surface area contributed by atoms with Crippen LogP contribution in [-0.2, 0) is 13.0 Å². The maximum Gasteiger partial charge on any atom is 0.0925 e. The van der Waals surface area contributed by atoms with Crippen molar-refractivity contribution >= 4 is 0 Å². The van der Waals surface area contributed by atoms with Crippen molar-refractivity contribution in [2.75, 3.05) is 19.6 Å². The summed E-state index contributed by atoms with van der Waals surface area (Å²) in [6.07, 6.45) is 6.91. The minimum atomic E-state index is 0.571. The number of aromatic nitrogens is 2. The smallest absolute Gasteiger partial charge is 0.0925 e. The molecule has 1 aromatic rings. The molecule has 0 amide bonds. The second kappa shape index (κ2) is 5.25. The van der Waals surface area contributed by atoms with Crippen LogP contribution in [0.1, 0.15) is 44.5 Å². The number of H-pyrrole nitrogens is 1. The Kier molecular flexibility index (Phi) is 3.63. The van der Waals surface area contributed by atoms with Crippen LogP contribution < -0.4 is 5.32 Å². The Morgan fingerprint density at radius 2 is 2.21 bits per heavy atom. The maximum atomic E-state index is 4.42. The average Bonchev–Trinajstić information content (AvgIpc) is 2.89. The number of nitrogens with one attached hydrogen (secondary N) is 2. The van der Waals surface area contributed by atoms with Crippen LogP contribution in [0.2, 0.25) is 0 Å². The highest BCUT2D eigenvalue weighted by molar-refractivity contribution is 5.16. The van der Waals surface area contributed by atoms with E-state index >= 15 is 0 Å². The SMILES string of the molecule is CCC1(C)CCN(CC2Cc3nc[nH]c3CN2)CC1. The molecule has 2 aliphatic heterocycles. The lowest BCUT2D eigenvalue weighted by molar-refractivity contribution is 0.105. The molecule has 2 N–H and O–H groups in total. The molecule has 2 aliphatic rings. The van der Waals surface area contributed by atoms with Gasteiger partial charge in [-0.3, -0.25) is 0 Å². The van der Waals surface area contributed by atoms with Crippen LogP contribution in [0.15, 0.2) is 6.33 Å². The first-order chi connectivity index (χ1) is 9.18. The fraction of sp³-hybridized carbons (Fsp3) is 0.800. The molecule has 19 heavy (non-hydrogen) atoms. The number of piperidine rings is 1. The highest BCUT2D eigenvalue weighted by Crippen LogP contribution is 2.33. The minimum absolute atomic E-state index is 0.571. The van der Waals surface area contributed by atoms with Crippen LogP contribution in [0.3, 0.4) is 0 Å². The summed E-state index contributed by atoms with van der Waals surface area (Å²) in [4.78, 5) is 10.3. The van der Waals surface area contributed by atoms with Crippen molar-refractivity contribution in [1.82, 2.24) is 20.2 Å². The zero-order chi connectivity index (χ0) is 13.3. The summed E-state index contributed by atoms with van der Waals surface area (Å²) in [6.45, 7) is 9.41. The first kappa shape index (κ1) is 13.1. The van der Waals surface area contributed by atoms with E-state index in [1.807, 2.05) is 6.33 Å². The maximum absolute atomic E-state index is 4.42. The summed E-state index contributed by atoms with van der Waals surface area (Å²) < 4.78 is 0. The summed E-state index contributed by atoms with van der Waals surface area (Å²) in [6, 6.07) is 0.571. The largest absolute Gasteiger partial charge is 0.347 e. The summed E-state index contributed by atoms with van der Waals surface area (Å²) in [5.74, 6) is 0. The van der Waals surface area contributed by atoms with Crippen molar-refractivity contribution in [2.45, 2.75) is 52.1 Å². The van der Waals surface area contributed by atoms with Crippen LogP contribution in [0.25, 0.3) is 0 Å². The molecule has 1 fully saturated rings. The molecule has 1 aromatic heterocycles. The molecule has 4 heteroatoms. The molecule has 0 spiro atoms. The van der Waals surface area contributed by atoms with Gasteiger partial charge in [0.1, 0.15) is 0 Å². The lowest BCUT2D eigenvalue weighted by atomic mass is 9.78. The topological polar surface area (TPSA) is 44.0 Å². The number of hydrogen-bond acceptors (Lipinski definition) is 3. The highest BCUT2D eigenvalue weighted by atomic mass is 15.2. The van der Waals surface area contributed by atoms with Gasteiger partial charge in [-0.25, -0.2) is 4.98 Å². The van der Waals surface area contributed by atoms with Crippen LogP contribution in [0.4, 0.5) is 0 Å². The van der Waals surface area contributed by atoms with Gasteiger partial charge >= 0.3 is 0 Å². The summed E-state index contributed by atoms with van der Waals surface area (Å²) in [7, 11) is 0. The van der Waals surface area contributed by atoms with Crippen molar-refractivity contribution in [3.05, 3.63) is 17.7 Å². The van der Waals surface area contributed by atoms with Crippen molar-refractivity contribution in [3.8, 4) is 0 Å². The Bertz CT molecular complexity index is 418. The number of rotatable bonds is 3. The Morgan fingerprint density at radius 3 is 2.95 bits per heavy atom. The van der Waals surface area contributed by atoms with Gasteiger partial charge in [-0.1, -0.05) is 20.3 Å². The van der Waals surface area contributed by atoms with Gasteiger partial charge in [0.05, 0.1) is 17.7 Å². The molecule has 0 aromatic carbocycles. The number of aromatic amines is 1. The lowest BCUT2D eigenvalue weighted by Gasteiger charge is -2.40. The second-order valence-electron chi connectivity index (χ2n) is 6.57. The van der Waals surface area contributed by atoms with Crippen molar-refractivity contribution in [1.29, 1.82) is 0 Å². The Morgan fingerprint density at radius 1 is 1.42 bits per heavy atom. The van der Waals surface area contributed by atoms with Crippen molar-refractivity contribution in [2.24, 2.45) is 5.41 Å². The zero-order valence-corrected chi connectivity index (χ0v) is 12.2. The van der Waals surface area contributed by atoms with Crippen molar-refractivity contribution < 1.29 is 0 Å². The monoisotopic (exact) mass is 262 g/mol. The molecule has 1 unspecified atom stereocenters. The predicted molar refractivity (Wildman–Crippen MR) is 77.0 cm³/mol. The van der Waals surface area contributed by atoms with E-state index in [9.17, 15) is 0 Å². The normalized spacial score (nSPS) is 27.2. The molecular formula is C15H26N4. The molecule has 1 saturated heterocycles. The number of hydrogen-bond donors (Lipinski definition) is 2. The van der Waals surface area contributed by atoms with E-state index in [-0.39, 0.29) is 0 Å². The van der Waals surface area contributed by atoms with E-state index < -0.39 is 0 Å². The number of nitrogens with zero attached hydrogens (tertiary/aromatic N) is 2. The van der Waals surface area contributed by atoms with Gasteiger partial charge in [-0.2, -0.15) is 0 Å². The van der Waals surface area contributed by atoms with Crippen molar-refractivity contribution in [3.63, 3.8) is 0 Å². The van der Waals surface area contributed by atoms with E-state index in [0.29, 0.717) is 11.5 Å². The van der Waals surface area contributed by atoms with E-state index in [4.69, 9.17) is 0 Å². The minimum Gasteiger partial charge on any atom is -0.347 e. The molecule has 1 atom stereocenters. The van der Waals surface area contributed by atoms with Gasteiger partial charge in [-0.15, -0.1) is 0 Å². The molecule has 0 aliphatic carbocycles. The number of imidazole rings is 1. The first-order valence-electron chi connectivity index (χ1n) is 7.65. The van der Waals surface area contributed by atoms with Crippen LogP contribution >= 0.6 is 0 Å². The number of likely N-dealkylation sites (tertiary alicyclic amines) is 1. The zero-order valence-electron chi connectivity index (χ0n) is 12.2. The average molecular weight is 262 g/mol. The van der Waals surface area contributed by atoms with Gasteiger partial charge in [0.2, 0.25) is 0 Å². The van der Waals surface area contributed by atoms with Crippen LogP contribution in [0, 0.1) is 5.41 Å². The second-order valence-corrected chi connectivity index (χ2v) is 6.57. The van der Waals surface area contributed by atoms with Crippen LogP contribution in [-0.4, -0.2) is 40.5 Å². The Hall–Kier alpha value is -0.870. The molecule has 4 nitrogen and oxygen atoms in total. The summed E-state index contributed by atoms with van der Waals surface area (Å²) in [5.41, 5.74) is 3.12. The fourth-order valence-electron chi connectivity index (χ4n) is 3.30. The van der Waals surface area contributed by atoms with E-state index in [1.165, 1.54) is 50.3 Å². The molecule has 3 rings (SSSR count). The van der Waals surface area contributed by atoms with Crippen LogP contribution in [0.5, 0.6) is 0 Å². The highest BCUT2D eigenvalue weighted by Gasteiger charge is 2.30. The Balaban J connectivity index is 1.51. The van der Waals surface area contributed by atoms with Gasteiger partial charge in [0, 0.05) is 25.6 Å². The predicted octanol–water partition coefficient (Wildman–Crippen LogP) is 1.94. The van der Waals surface area contributed by atoms with Gasteiger partial charge in [0.15, 0.2) is 0 Å². The quantitative estimate of drug-likeness (QED) is 0.875. The Labute approximate surface area is 116 Å². The standard InChI is InChI=1S/C15H26N4/c1-3-15(2)4-6-19(7-5-15)10-12-8-13-14(9-16-12)18-11-17-13/h11-12,16H,3-10H2,1-2H3,(H,17,18). The van der Waals surface area contributed by atoms with E-state index in [0.717, 1.165) is 13.0 Å². The first-order valence-corrected chi connectivity index (χ1v) is 7.65.